The minimum absolute atomic E-state index is 0.136. The Labute approximate surface area is 164 Å². The molecule has 0 N–H and O–H groups in total. The number of hydrogen-bond donors (Lipinski definition) is 0. The van der Waals surface area contributed by atoms with Crippen LogP contribution in [0.5, 0.6) is 5.75 Å². The average molecular weight is 397 g/mol. The van der Waals surface area contributed by atoms with Gasteiger partial charge in [-0.25, -0.2) is 4.79 Å². The molecule has 28 heavy (non-hydrogen) atoms. The van der Waals surface area contributed by atoms with E-state index in [1.807, 2.05) is 43.5 Å². The third-order valence-electron chi connectivity index (χ3n) is 4.85. The summed E-state index contributed by atoms with van der Waals surface area (Å²) in [7, 11) is 1.57. The molecule has 0 unspecified atom stereocenters. The van der Waals surface area contributed by atoms with E-state index in [9.17, 15) is 9.59 Å². The molecule has 0 bridgehead atoms. The Morgan fingerprint density at radius 2 is 1.89 bits per heavy atom. The normalized spacial score (nSPS) is 11.2. The van der Waals surface area contributed by atoms with Crippen LogP contribution in [0.25, 0.3) is 10.2 Å². The highest BCUT2D eigenvalue weighted by atomic mass is 32.1. The Morgan fingerprint density at radius 3 is 2.61 bits per heavy atom. The van der Waals surface area contributed by atoms with Gasteiger partial charge in [0.05, 0.1) is 31.4 Å². The topological polar surface area (TPSA) is 79.3 Å². The monoisotopic (exact) mass is 397 g/mol. The van der Waals surface area contributed by atoms with Gasteiger partial charge in [-0.15, -0.1) is 11.3 Å². The second kappa shape index (κ2) is 7.12. The molecule has 0 saturated heterocycles. The van der Waals surface area contributed by atoms with E-state index in [4.69, 9.17) is 9.26 Å². The van der Waals surface area contributed by atoms with E-state index < -0.39 is 0 Å². The molecule has 0 radical (unpaired) electrons. The van der Waals surface area contributed by atoms with Crippen molar-refractivity contribution < 1.29 is 9.26 Å². The summed E-state index contributed by atoms with van der Waals surface area (Å²) in [6.07, 6.45) is 0. The molecule has 0 amide bonds. The van der Waals surface area contributed by atoms with Crippen LogP contribution in [0.2, 0.25) is 0 Å². The van der Waals surface area contributed by atoms with E-state index in [-0.39, 0.29) is 17.8 Å². The highest BCUT2D eigenvalue weighted by molar-refractivity contribution is 7.17. The number of rotatable bonds is 5. The van der Waals surface area contributed by atoms with Crippen LogP contribution in [0.1, 0.15) is 22.6 Å². The summed E-state index contributed by atoms with van der Waals surface area (Å²) in [5.74, 6) is 1.30. The number of aromatic nitrogens is 3. The minimum atomic E-state index is -0.373. The molecule has 0 atom stereocenters. The third-order valence-corrected chi connectivity index (χ3v) is 5.75. The lowest BCUT2D eigenvalue weighted by Crippen LogP contribution is -2.40. The average Bonchev–Trinajstić information content (AvgIpc) is 3.30. The zero-order valence-electron chi connectivity index (χ0n) is 15.8. The van der Waals surface area contributed by atoms with Crippen molar-refractivity contribution in [3.8, 4) is 5.75 Å². The fourth-order valence-electron chi connectivity index (χ4n) is 3.32. The summed E-state index contributed by atoms with van der Waals surface area (Å²) in [6, 6.07) is 9.17. The maximum absolute atomic E-state index is 13.3. The van der Waals surface area contributed by atoms with E-state index >= 15 is 0 Å². The molecular formula is C20H19N3O4S. The van der Waals surface area contributed by atoms with Crippen molar-refractivity contribution in [3.63, 3.8) is 0 Å². The second-order valence-corrected chi connectivity index (χ2v) is 7.43. The van der Waals surface area contributed by atoms with E-state index in [1.165, 1.54) is 15.9 Å². The van der Waals surface area contributed by atoms with Gasteiger partial charge in [-0.3, -0.25) is 13.9 Å². The van der Waals surface area contributed by atoms with E-state index in [2.05, 4.69) is 5.16 Å². The fourth-order valence-corrected chi connectivity index (χ4v) is 4.16. The smallest absolute Gasteiger partial charge is 0.332 e. The lowest BCUT2D eigenvalue weighted by atomic mass is 10.2. The van der Waals surface area contributed by atoms with Gasteiger partial charge in [-0.05, 0) is 31.4 Å². The molecule has 0 saturated carbocycles. The van der Waals surface area contributed by atoms with Crippen molar-refractivity contribution in [2.75, 3.05) is 7.11 Å². The minimum Gasteiger partial charge on any atom is -0.496 e. The van der Waals surface area contributed by atoms with Gasteiger partial charge in [0.15, 0.2) is 0 Å². The molecule has 8 heteroatoms. The van der Waals surface area contributed by atoms with Gasteiger partial charge in [0.2, 0.25) is 0 Å². The van der Waals surface area contributed by atoms with Gasteiger partial charge in [0, 0.05) is 11.1 Å². The van der Waals surface area contributed by atoms with Gasteiger partial charge in [-0.2, -0.15) is 0 Å². The van der Waals surface area contributed by atoms with Crippen molar-refractivity contribution in [1.29, 1.82) is 0 Å². The number of thiophene rings is 1. The molecule has 0 spiro atoms. The number of ether oxygens (including phenoxy) is 1. The summed E-state index contributed by atoms with van der Waals surface area (Å²) < 4.78 is 14.0. The largest absolute Gasteiger partial charge is 0.496 e. The van der Waals surface area contributed by atoms with Crippen molar-refractivity contribution in [2.45, 2.75) is 26.9 Å². The maximum atomic E-state index is 13.3. The third kappa shape index (κ3) is 2.95. The van der Waals surface area contributed by atoms with E-state index in [1.54, 1.807) is 17.7 Å². The summed E-state index contributed by atoms with van der Waals surface area (Å²) in [6.45, 7) is 4.08. The number of aryl methyl sites for hydroxylation is 2. The molecule has 3 heterocycles. The Hall–Kier alpha value is -3.13. The lowest BCUT2D eigenvalue weighted by Gasteiger charge is -2.13. The Bertz CT molecular complexity index is 1260. The van der Waals surface area contributed by atoms with Crippen LogP contribution in [-0.4, -0.2) is 21.4 Å². The SMILES string of the molecule is COc1ccccc1Cn1c(=O)c2sccc2n(Cc2c(C)noc2C)c1=O. The Morgan fingerprint density at radius 1 is 1.11 bits per heavy atom. The second-order valence-electron chi connectivity index (χ2n) is 6.51. The van der Waals surface area contributed by atoms with E-state index in [0.717, 1.165) is 16.8 Å². The number of methoxy groups -OCH3 is 1. The van der Waals surface area contributed by atoms with Crippen LogP contribution >= 0.6 is 11.3 Å². The number of para-hydroxylation sites is 1. The summed E-state index contributed by atoms with van der Waals surface area (Å²) in [5.41, 5.74) is 2.30. The van der Waals surface area contributed by atoms with Crippen LogP contribution in [0.15, 0.2) is 49.8 Å². The van der Waals surface area contributed by atoms with Gasteiger partial charge >= 0.3 is 5.69 Å². The van der Waals surface area contributed by atoms with Gasteiger partial charge < -0.3 is 9.26 Å². The van der Waals surface area contributed by atoms with E-state index in [0.29, 0.717) is 28.3 Å². The molecule has 1 aromatic carbocycles. The Balaban J connectivity index is 1.91. The lowest BCUT2D eigenvalue weighted by molar-refractivity contribution is 0.392. The molecule has 4 rings (SSSR count). The van der Waals surface area contributed by atoms with Crippen molar-refractivity contribution >= 4 is 21.6 Å². The summed E-state index contributed by atoms with van der Waals surface area (Å²) in [5, 5.41) is 5.79. The molecule has 144 valence electrons. The van der Waals surface area contributed by atoms with Crippen molar-refractivity contribution in [2.24, 2.45) is 0 Å². The van der Waals surface area contributed by atoms with Crippen LogP contribution in [0, 0.1) is 13.8 Å². The maximum Gasteiger partial charge on any atom is 0.332 e. The number of hydrogen-bond acceptors (Lipinski definition) is 6. The summed E-state index contributed by atoms with van der Waals surface area (Å²) in [4.78, 5) is 26.3. The van der Waals surface area contributed by atoms with Gasteiger partial charge in [-0.1, -0.05) is 23.4 Å². The van der Waals surface area contributed by atoms with Gasteiger partial charge in [0.25, 0.3) is 5.56 Å². The highest BCUT2D eigenvalue weighted by Crippen LogP contribution is 2.21. The number of fused-ring (bicyclic) bond motifs is 1. The van der Waals surface area contributed by atoms with Crippen molar-refractivity contribution in [1.82, 2.24) is 14.3 Å². The number of benzene rings is 1. The highest BCUT2D eigenvalue weighted by Gasteiger charge is 2.18. The molecular weight excluding hydrogens is 378 g/mol. The molecule has 0 aliphatic rings. The van der Waals surface area contributed by atoms with Crippen LogP contribution in [-0.2, 0) is 13.1 Å². The molecule has 3 aromatic heterocycles. The first-order valence-electron chi connectivity index (χ1n) is 8.75. The number of nitrogens with zero attached hydrogens (tertiary/aromatic N) is 3. The van der Waals surface area contributed by atoms with Crippen LogP contribution < -0.4 is 16.0 Å². The quantitative estimate of drug-likeness (QED) is 0.517. The molecule has 0 aliphatic carbocycles. The predicted molar refractivity (Wildman–Crippen MR) is 108 cm³/mol. The standard InChI is InChI=1S/C20H19N3O4S/c1-12-15(13(2)27-21-12)11-22-16-8-9-28-18(16)19(24)23(20(22)25)10-14-6-4-5-7-17(14)26-3/h4-9H,10-11H2,1-3H3. The van der Waals surface area contributed by atoms with Gasteiger partial charge in [0.1, 0.15) is 16.2 Å². The predicted octanol–water partition coefficient (Wildman–Crippen LogP) is 2.93. The first-order valence-corrected chi connectivity index (χ1v) is 9.63. The van der Waals surface area contributed by atoms with Crippen LogP contribution in [0.4, 0.5) is 0 Å². The summed E-state index contributed by atoms with van der Waals surface area (Å²) >= 11 is 1.33. The van der Waals surface area contributed by atoms with Crippen molar-refractivity contribution in [3.05, 3.63) is 79.1 Å². The molecule has 4 aromatic rings. The zero-order valence-corrected chi connectivity index (χ0v) is 16.6. The zero-order chi connectivity index (χ0) is 19.8. The molecule has 0 aliphatic heterocycles. The molecule has 0 fully saturated rings. The fraction of sp³-hybridized carbons (Fsp3) is 0.250. The molecule has 7 nitrogen and oxygen atoms in total. The van der Waals surface area contributed by atoms with Crippen LogP contribution in [0.3, 0.4) is 0 Å². The first kappa shape index (κ1) is 18.2. The first-order chi connectivity index (χ1) is 13.5. The Kier molecular flexibility index (Phi) is 4.64.